The first-order chi connectivity index (χ1) is 17.7. The smallest absolute Gasteiger partial charge is 0.295 e. The van der Waals surface area contributed by atoms with Gasteiger partial charge in [-0.3, -0.25) is 9.59 Å². The van der Waals surface area contributed by atoms with E-state index in [-0.39, 0.29) is 23.8 Å². The number of hydrogen-bond acceptors (Lipinski definition) is 7. The number of hydrogen-bond donors (Lipinski definition) is 1. The topological polar surface area (TPSA) is 85.3 Å². The molecule has 7 nitrogen and oxygen atoms in total. The number of carbonyl (C=O) groups excluding carboxylic acids is 2. The molecule has 37 heavy (non-hydrogen) atoms. The Morgan fingerprint density at radius 2 is 1.70 bits per heavy atom. The number of nitrogens with zero attached hydrogens (tertiary/aromatic N) is 1. The molecule has 1 aromatic heterocycles. The average Bonchev–Trinajstić information content (AvgIpc) is 3.49. The van der Waals surface area contributed by atoms with E-state index in [1.165, 1.54) is 23.3 Å². The van der Waals surface area contributed by atoms with E-state index in [0.29, 0.717) is 28.4 Å². The fourth-order valence-electron chi connectivity index (χ4n) is 4.71. The number of thiophene rings is 1. The fourth-order valence-corrected chi connectivity index (χ4v) is 5.41. The van der Waals surface area contributed by atoms with Crippen molar-refractivity contribution in [1.82, 2.24) is 4.90 Å². The molecule has 1 amide bonds. The summed E-state index contributed by atoms with van der Waals surface area (Å²) in [5.41, 5.74) is 2.78. The summed E-state index contributed by atoms with van der Waals surface area (Å²) in [6.07, 6.45) is 0. The number of rotatable bonds is 8. The number of methoxy groups -OCH3 is 3. The van der Waals surface area contributed by atoms with Gasteiger partial charge in [0.25, 0.3) is 11.7 Å². The van der Waals surface area contributed by atoms with Crippen LogP contribution in [-0.4, -0.2) is 43.0 Å². The van der Waals surface area contributed by atoms with Crippen molar-refractivity contribution >= 4 is 28.8 Å². The first-order valence-corrected chi connectivity index (χ1v) is 12.8. The number of ketones is 1. The van der Waals surface area contributed by atoms with Crippen molar-refractivity contribution in [2.75, 3.05) is 21.3 Å². The third-order valence-electron chi connectivity index (χ3n) is 6.62. The Hall–Kier alpha value is -3.78. The Kier molecular flexibility index (Phi) is 7.59. The van der Waals surface area contributed by atoms with Crippen LogP contribution in [0.4, 0.5) is 0 Å². The summed E-state index contributed by atoms with van der Waals surface area (Å²) in [5.74, 6) is 0.205. The lowest BCUT2D eigenvalue weighted by molar-refractivity contribution is -0.140. The lowest BCUT2D eigenvalue weighted by Gasteiger charge is -2.26. The Bertz CT molecular complexity index is 1360. The summed E-state index contributed by atoms with van der Waals surface area (Å²) in [6.45, 7) is 6.13. The second kappa shape index (κ2) is 10.7. The van der Waals surface area contributed by atoms with Gasteiger partial charge < -0.3 is 24.2 Å². The van der Waals surface area contributed by atoms with Gasteiger partial charge in [-0.25, -0.2) is 0 Å². The Morgan fingerprint density at radius 3 is 2.30 bits per heavy atom. The highest BCUT2D eigenvalue weighted by molar-refractivity contribution is 7.09. The third kappa shape index (κ3) is 4.81. The van der Waals surface area contributed by atoms with Crippen molar-refractivity contribution in [3.05, 3.63) is 80.5 Å². The van der Waals surface area contributed by atoms with Gasteiger partial charge in [-0.15, -0.1) is 11.3 Å². The quantitative estimate of drug-likeness (QED) is 0.228. The van der Waals surface area contributed by atoms with Crippen LogP contribution in [0.5, 0.6) is 17.2 Å². The van der Waals surface area contributed by atoms with Gasteiger partial charge >= 0.3 is 0 Å². The minimum Gasteiger partial charge on any atom is -0.507 e. The van der Waals surface area contributed by atoms with Gasteiger partial charge in [0.2, 0.25) is 0 Å². The molecule has 1 saturated heterocycles. The number of benzene rings is 2. The van der Waals surface area contributed by atoms with Gasteiger partial charge in [0.15, 0.2) is 11.5 Å². The molecule has 0 spiro atoms. The first-order valence-electron chi connectivity index (χ1n) is 11.9. The Labute approximate surface area is 220 Å². The summed E-state index contributed by atoms with van der Waals surface area (Å²) in [6, 6.07) is 11.9. The van der Waals surface area contributed by atoms with Crippen molar-refractivity contribution < 1.29 is 28.9 Å². The number of aliphatic hydroxyl groups excluding tert-OH is 1. The highest BCUT2D eigenvalue weighted by atomic mass is 32.1. The molecule has 1 fully saturated rings. The first kappa shape index (κ1) is 26.3. The molecular formula is C29H31NO6S. The molecule has 0 bridgehead atoms. The molecular weight excluding hydrogens is 490 g/mol. The average molecular weight is 522 g/mol. The largest absolute Gasteiger partial charge is 0.507 e. The van der Waals surface area contributed by atoms with Crippen molar-refractivity contribution in [1.29, 1.82) is 0 Å². The van der Waals surface area contributed by atoms with Gasteiger partial charge in [-0.2, -0.15) is 0 Å². The summed E-state index contributed by atoms with van der Waals surface area (Å²) < 4.78 is 16.4. The second-order valence-electron chi connectivity index (χ2n) is 9.18. The van der Waals surface area contributed by atoms with Gasteiger partial charge in [0.1, 0.15) is 11.5 Å². The van der Waals surface area contributed by atoms with E-state index < -0.39 is 17.7 Å². The normalized spacial score (nSPS) is 16.9. The third-order valence-corrected chi connectivity index (χ3v) is 7.48. The number of Topliss-reactive ketones (excluding diaryl/α,β-unsaturated/α-hetero) is 1. The van der Waals surface area contributed by atoms with Crippen LogP contribution in [0, 0.1) is 6.92 Å². The predicted molar refractivity (Wildman–Crippen MR) is 144 cm³/mol. The Balaban J connectivity index is 1.95. The number of ether oxygens (including phenoxy) is 3. The van der Waals surface area contributed by atoms with E-state index in [2.05, 4.69) is 0 Å². The number of carbonyl (C=O) groups is 2. The molecule has 1 aliphatic rings. The molecule has 4 rings (SSSR count). The molecule has 194 valence electrons. The van der Waals surface area contributed by atoms with Crippen molar-refractivity contribution in [2.45, 2.75) is 39.3 Å². The van der Waals surface area contributed by atoms with Crippen LogP contribution in [0.1, 0.15) is 52.9 Å². The SMILES string of the molecule is COc1ccc(C2/C(=C(\O)c3cc(C(C)C)c(OC)cc3C)C(=O)C(=O)N2Cc2cccs2)cc1OC. The van der Waals surface area contributed by atoms with Gasteiger partial charge in [-0.1, -0.05) is 26.0 Å². The minimum atomic E-state index is -0.814. The Morgan fingerprint density at radius 1 is 1.00 bits per heavy atom. The molecule has 2 aromatic carbocycles. The van der Waals surface area contributed by atoms with Crippen LogP contribution in [0.3, 0.4) is 0 Å². The van der Waals surface area contributed by atoms with Crippen molar-refractivity contribution in [2.24, 2.45) is 0 Å². The standard InChI is InChI=1S/C29H31NO6S/c1-16(2)20-14-21(17(3)12-23(20)35-5)27(31)25-26(18-9-10-22(34-4)24(13-18)36-6)30(29(33)28(25)32)15-19-8-7-11-37-19/h7-14,16,26,31H,15H2,1-6H3/b27-25+. The molecule has 1 N–H and O–H groups in total. The van der Waals surface area contributed by atoms with E-state index in [1.54, 1.807) is 32.4 Å². The lowest BCUT2D eigenvalue weighted by Crippen LogP contribution is -2.28. The van der Waals surface area contributed by atoms with Crippen LogP contribution < -0.4 is 14.2 Å². The monoisotopic (exact) mass is 521 g/mol. The number of aliphatic hydroxyl groups is 1. The predicted octanol–water partition coefficient (Wildman–Crippen LogP) is 5.83. The minimum absolute atomic E-state index is 0.0387. The highest BCUT2D eigenvalue weighted by Gasteiger charge is 2.46. The zero-order valence-electron chi connectivity index (χ0n) is 21.8. The maximum Gasteiger partial charge on any atom is 0.295 e. The molecule has 2 heterocycles. The maximum absolute atomic E-state index is 13.5. The second-order valence-corrected chi connectivity index (χ2v) is 10.2. The van der Waals surface area contributed by atoms with E-state index in [1.807, 2.05) is 50.4 Å². The zero-order valence-corrected chi connectivity index (χ0v) is 22.6. The fraction of sp³-hybridized carbons (Fsp3) is 0.310. The summed E-state index contributed by atoms with van der Waals surface area (Å²) in [7, 11) is 4.67. The summed E-state index contributed by atoms with van der Waals surface area (Å²) >= 11 is 1.50. The maximum atomic E-state index is 13.5. The molecule has 0 aliphatic carbocycles. The van der Waals surface area contributed by atoms with Gasteiger partial charge in [0.05, 0.1) is 39.5 Å². The zero-order chi connectivity index (χ0) is 26.9. The molecule has 1 aliphatic heterocycles. The molecule has 3 aromatic rings. The van der Waals surface area contributed by atoms with Crippen molar-refractivity contribution in [3.8, 4) is 17.2 Å². The van der Waals surface area contributed by atoms with Crippen LogP contribution in [-0.2, 0) is 16.1 Å². The van der Waals surface area contributed by atoms with E-state index in [0.717, 1.165) is 16.0 Å². The molecule has 0 radical (unpaired) electrons. The number of aryl methyl sites for hydroxylation is 1. The number of amides is 1. The summed E-state index contributed by atoms with van der Waals surface area (Å²) in [5, 5.41) is 13.6. The molecule has 1 atom stereocenters. The number of likely N-dealkylation sites (tertiary alicyclic amines) is 1. The van der Waals surface area contributed by atoms with Crippen molar-refractivity contribution in [3.63, 3.8) is 0 Å². The van der Waals surface area contributed by atoms with Crippen LogP contribution in [0.15, 0.2) is 53.4 Å². The van der Waals surface area contributed by atoms with E-state index in [9.17, 15) is 14.7 Å². The highest BCUT2D eigenvalue weighted by Crippen LogP contribution is 2.44. The van der Waals surface area contributed by atoms with Gasteiger partial charge in [0, 0.05) is 10.4 Å². The molecule has 1 unspecified atom stereocenters. The van der Waals surface area contributed by atoms with E-state index >= 15 is 0 Å². The lowest BCUT2D eigenvalue weighted by atomic mass is 9.91. The molecule has 0 saturated carbocycles. The molecule has 8 heteroatoms. The van der Waals surface area contributed by atoms with Crippen LogP contribution in [0.25, 0.3) is 5.76 Å². The van der Waals surface area contributed by atoms with E-state index in [4.69, 9.17) is 14.2 Å². The van der Waals surface area contributed by atoms with Crippen LogP contribution in [0.2, 0.25) is 0 Å². The summed E-state index contributed by atoms with van der Waals surface area (Å²) in [4.78, 5) is 29.3. The van der Waals surface area contributed by atoms with Crippen LogP contribution >= 0.6 is 11.3 Å². The van der Waals surface area contributed by atoms with Gasteiger partial charge in [-0.05, 0) is 65.2 Å².